The SMILES string of the molecule is N#C/C(=C\c1ccc(Cl)cc1)C(=O)Nc1cc(Cl)ccc1N1CCOCC1. The normalized spacial score (nSPS) is 14.6. The molecule has 0 spiro atoms. The van der Waals surface area contributed by atoms with Gasteiger partial charge in [0.05, 0.1) is 24.6 Å². The number of nitrogens with zero attached hydrogens (tertiary/aromatic N) is 2. The van der Waals surface area contributed by atoms with Crippen LogP contribution in [0.15, 0.2) is 48.0 Å². The second-order valence-electron chi connectivity index (χ2n) is 5.94. The molecule has 0 aromatic heterocycles. The Balaban J connectivity index is 1.84. The van der Waals surface area contributed by atoms with Gasteiger partial charge in [-0.05, 0) is 42.0 Å². The number of anilines is 2. The summed E-state index contributed by atoms with van der Waals surface area (Å²) >= 11 is 12.0. The highest BCUT2D eigenvalue weighted by Gasteiger charge is 2.18. The van der Waals surface area contributed by atoms with Crippen LogP contribution in [-0.2, 0) is 9.53 Å². The number of benzene rings is 2. The van der Waals surface area contributed by atoms with Gasteiger partial charge in [0.1, 0.15) is 11.6 Å². The number of halogens is 2. The van der Waals surface area contributed by atoms with Crippen LogP contribution in [0.2, 0.25) is 10.0 Å². The first-order chi connectivity index (χ1) is 13.1. The molecule has 1 fully saturated rings. The van der Waals surface area contributed by atoms with Gasteiger partial charge in [-0.15, -0.1) is 0 Å². The zero-order chi connectivity index (χ0) is 19.2. The molecule has 0 radical (unpaired) electrons. The van der Waals surface area contributed by atoms with Crippen LogP contribution in [0.3, 0.4) is 0 Å². The summed E-state index contributed by atoms with van der Waals surface area (Å²) in [5, 5.41) is 13.3. The van der Waals surface area contributed by atoms with Crippen molar-refractivity contribution >= 4 is 46.6 Å². The second kappa shape index (κ2) is 8.92. The molecule has 27 heavy (non-hydrogen) atoms. The van der Waals surface area contributed by atoms with Crippen molar-refractivity contribution in [2.75, 3.05) is 36.5 Å². The first kappa shape index (κ1) is 19.2. The third-order valence-corrected chi connectivity index (χ3v) is 4.59. The van der Waals surface area contributed by atoms with E-state index in [0.717, 1.165) is 18.8 Å². The fourth-order valence-corrected chi connectivity index (χ4v) is 3.05. The van der Waals surface area contributed by atoms with E-state index < -0.39 is 5.91 Å². The molecule has 5 nitrogen and oxygen atoms in total. The van der Waals surface area contributed by atoms with E-state index >= 15 is 0 Å². The summed E-state index contributed by atoms with van der Waals surface area (Å²) in [6.07, 6.45) is 1.52. The number of nitrogens with one attached hydrogen (secondary N) is 1. The van der Waals surface area contributed by atoms with Crippen LogP contribution < -0.4 is 10.2 Å². The molecule has 0 saturated carbocycles. The van der Waals surface area contributed by atoms with Gasteiger partial charge in [-0.25, -0.2) is 0 Å². The van der Waals surface area contributed by atoms with Crippen LogP contribution in [0, 0.1) is 11.3 Å². The van der Waals surface area contributed by atoms with Gasteiger partial charge in [0.2, 0.25) is 0 Å². The van der Waals surface area contributed by atoms with E-state index in [1.54, 1.807) is 36.4 Å². The molecular formula is C20H17Cl2N3O2. The molecule has 1 saturated heterocycles. The van der Waals surface area contributed by atoms with E-state index in [1.165, 1.54) is 6.08 Å². The molecule has 2 aromatic rings. The highest BCUT2D eigenvalue weighted by atomic mass is 35.5. The number of carbonyl (C=O) groups excluding carboxylic acids is 1. The molecule has 0 bridgehead atoms. The summed E-state index contributed by atoms with van der Waals surface area (Å²) in [5.74, 6) is -0.496. The van der Waals surface area contributed by atoms with Crippen molar-refractivity contribution in [1.82, 2.24) is 0 Å². The Labute approximate surface area is 167 Å². The van der Waals surface area contributed by atoms with Gasteiger partial charge in [-0.1, -0.05) is 35.3 Å². The highest BCUT2D eigenvalue weighted by Crippen LogP contribution is 2.30. The lowest BCUT2D eigenvalue weighted by atomic mass is 10.1. The second-order valence-corrected chi connectivity index (χ2v) is 6.81. The number of hydrogen-bond donors (Lipinski definition) is 1. The van der Waals surface area contributed by atoms with Gasteiger partial charge in [0.15, 0.2) is 0 Å². The molecule has 0 unspecified atom stereocenters. The number of nitriles is 1. The Kier molecular flexibility index (Phi) is 6.36. The molecule has 1 amide bonds. The van der Waals surface area contributed by atoms with Crippen LogP contribution in [0.4, 0.5) is 11.4 Å². The number of amides is 1. The zero-order valence-corrected chi connectivity index (χ0v) is 15.9. The fraction of sp³-hybridized carbons (Fsp3) is 0.200. The van der Waals surface area contributed by atoms with Crippen LogP contribution in [0.25, 0.3) is 6.08 Å². The van der Waals surface area contributed by atoms with E-state index in [1.807, 2.05) is 12.1 Å². The minimum Gasteiger partial charge on any atom is -0.378 e. The molecule has 3 rings (SSSR count). The Bertz CT molecular complexity index is 898. The van der Waals surface area contributed by atoms with Crippen molar-refractivity contribution in [3.63, 3.8) is 0 Å². The van der Waals surface area contributed by atoms with Gasteiger partial charge in [-0.2, -0.15) is 5.26 Å². The number of hydrogen-bond acceptors (Lipinski definition) is 4. The maximum Gasteiger partial charge on any atom is 0.266 e. The zero-order valence-electron chi connectivity index (χ0n) is 14.4. The van der Waals surface area contributed by atoms with Gasteiger partial charge in [0.25, 0.3) is 5.91 Å². The van der Waals surface area contributed by atoms with Crippen molar-refractivity contribution in [1.29, 1.82) is 5.26 Å². The Morgan fingerprint density at radius 2 is 1.78 bits per heavy atom. The lowest BCUT2D eigenvalue weighted by molar-refractivity contribution is -0.112. The van der Waals surface area contributed by atoms with Crippen LogP contribution in [0.5, 0.6) is 0 Å². The summed E-state index contributed by atoms with van der Waals surface area (Å²) in [7, 11) is 0. The average Bonchev–Trinajstić information content (AvgIpc) is 2.68. The number of carbonyl (C=O) groups is 1. The van der Waals surface area contributed by atoms with Gasteiger partial charge < -0.3 is 15.0 Å². The fourth-order valence-electron chi connectivity index (χ4n) is 2.75. The van der Waals surface area contributed by atoms with Crippen molar-refractivity contribution in [3.8, 4) is 6.07 Å². The van der Waals surface area contributed by atoms with Crippen molar-refractivity contribution in [2.45, 2.75) is 0 Å². The first-order valence-corrected chi connectivity index (χ1v) is 9.13. The monoisotopic (exact) mass is 401 g/mol. The summed E-state index contributed by atoms with van der Waals surface area (Å²) in [5.41, 5.74) is 2.11. The van der Waals surface area contributed by atoms with Gasteiger partial charge >= 0.3 is 0 Å². The number of morpholine rings is 1. The molecule has 7 heteroatoms. The Morgan fingerprint density at radius 1 is 1.11 bits per heavy atom. The molecule has 2 aromatic carbocycles. The van der Waals surface area contributed by atoms with Crippen molar-refractivity contribution in [3.05, 3.63) is 63.6 Å². The van der Waals surface area contributed by atoms with Crippen molar-refractivity contribution < 1.29 is 9.53 Å². The average molecular weight is 402 g/mol. The summed E-state index contributed by atoms with van der Waals surface area (Å²) in [6.45, 7) is 2.68. The molecule has 1 N–H and O–H groups in total. The minimum absolute atomic E-state index is 0.00905. The van der Waals surface area contributed by atoms with E-state index in [9.17, 15) is 10.1 Å². The quantitative estimate of drug-likeness (QED) is 0.609. The van der Waals surface area contributed by atoms with E-state index in [2.05, 4.69) is 10.2 Å². The Hall–Kier alpha value is -2.52. The van der Waals surface area contributed by atoms with Crippen LogP contribution in [-0.4, -0.2) is 32.2 Å². The first-order valence-electron chi connectivity index (χ1n) is 8.38. The predicted octanol–water partition coefficient (Wildman–Crippen LogP) is 4.38. The number of ether oxygens (including phenoxy) is 1. The third-order valence-electron chi connectivity index (χ3n) is 4.10. The maximum atomic E-state index is 12.6. The van der Waals surface area contributed by atoms with Crippen LogP contribution in [0.1, 0.15) is 5.56 Å². The van der Waals surface area contributed by atoms with Crippen molar-refractivity contribution in [2.24, 2.45) is 0 Å². The van der Waals surface area contributed by atoms with Gasteiger partial charge in [-0.3, -0.25) is 4.79 Å². The van der Waals surface area contributed by atoms with Gasteiger partial charge in [0, 0.05) is 23.1 Å². The topological polar surface area (TPSA) is 65.4 Å². The van der Waals surface area contributed by atoms with E-state index in [0.29, 0.717) is 34.5 Å². The molecule has 138 valence electrons. The third kappa shape index (κ3) is 5.01. The standard InChI is InChI=1S/C20H17Cl2N3O2/c21-16-3-1-14(2-4-16)11-15(13-23)20(26)24-18-12-17(22)5-6-19(18)25-7-9-27-10-8-25/h1-6,11-12H,7-10H2,(H,24,26)/b15-11+. The molecule has 1 heterocycles. The molecule has 0 aliphatic carbocycles. The minimum atomic E-state index is -0.496. The lowest BCUT2D eigenvalue weighted by Gasteiger charge is -2.30. The van der Waals surface area contributed by atoms with E-state index in [4.69, 9.17) is 27.9 Å². The molecular weight excluding hydrogens is 385 g/mol. The smallest absolute Gasteiger partial charge is 0.266 e. The number of rotatable bonds is 4. The summed E-state index contributed by atoms with van der Waals surface area (Å²) in [4.78, 5) is 14.8. The highest BCUT2D eigenvalue weighted by molar-refractivity contribution is 6.31. The van der Waals surface area contributed by atoms with Crippen LogP contribution >= 0.6 is 23.2 Å². The summed E-state index contributed by atoms with van der Waals surface area (Å²) < 4.78 is 5.38. The lowest BCUT2D eigenvalue weighted by Crippen LogP contribution is -2.36. The van der Waals surface area contributed by atoms with E-state index in [-0.39, 0.29) is 5.57 Å². The summed E-state index contributed by atoms with van der Waals surface area (Å²) in [6, 6.07) is 14.2. The molecule has 0 atom stereocenters. The predicted molar refractivity (Wildman–Crippen MR) is 108 cm³/mol. The molecule has 1 aliphatic rings. The Morgan fingerprint density at radius 3 is 2.44 bits per heavy atom. The maximum absolute atomic E-state index is 12.6. The largest absolute Gasteiger partial charge is 0.378 e. The molecule has 1 aliphatic heterocycles.